The number of fused-ring (bicyclic) bond motifs is 10. The lowest BCUT2D eigenvalue weighted by atomic mass is 9.88. The van der Waals surface area contributed by atoms with Gasteiger partial charge in [0.2, 0.25) is 0 Å². The van der Waals surface area contributed by atoms with E-state index in [0.29, 0.717) is 33.4 Å². The van der Waals surface area contributed by atoms with E-state index in [1.807, 2.05) is 60.7 Å². The van der Waals surface area contributed by atoms with Crippen LogP contribution < -0.4 is 0 Å². The number of rotatable bonds is 2. The van der Waals surface area contributed by atoms with Gasteiger partial charge in [0.25, 0.3) is 0 Å². The molecular formula is C39H20F6O. The van der Waals surface area contributed by atoms with Crippen molar-refractivity contribution >= 4 is 54.3 Å². The fourth-order valence-electron chi connectivity index (χ4n) is 7.10. The summed E-state index contributed by atoms with van der Waals surface area (Å²) in [6, 6.07) is 34.9. The summed E-state index contributed by atoms with van der Waals surface area (Å²) in [6.07, 6.45) is 0. The van der Waals surface area contributed by atoms with Crippen LogP contribution in [0.1, 0.15) is 11.1 Å². The monoisotopic (exact) mass is 618 g/mol. The van der Waals surface area contributed by atoms with Crippen LogP contribution in [0.4, 0.5) is 26.3 Å². The Kier molecular flexibility index (Phi) is 5.24. The number of para-hydroxylation sites is 2. The summed E-state index contributed by atoms with van der Waals surface area (Å²) in [5.41, 5.74) is 0.391. The lowest BCUT2D eigenvalue weighted by Crippen LogP contribution is -2.43. The van der Waals surface area contributed by atoms with Gasteiger partial charge in [0.15, 0.2) is 0 Å². The zero-order chi connectivity index (χ0) is 31.6. The first-order valence-corrected chi connectivity index (χ1v) is 14.7. The van der Waals surface area contributed by atoms with E-state index in [4.69, 9.17) is 4.42 Å². The SMILES string of the molecule is FC1(F)c2c(c3cc(-c4cccc5c4oc4ccccc45)ccc3c3ccc(-c4ccc5ccccc5c4)cc23)C(F)(F)C1(F)F. The third-order valence-corrected chi connectivity index (χ3v) is 9.33. The molecule has 0 aliphatic heterocycles. The lowest BCUT2D eigenvalue weighted by molar-refractivity contribution is -0.301. The van der Waals surface area contributed by atoms with E-state index in [1.165, 1.54) is 18.2 Å². The summed E-state index contributed by atoms with van der Waals surface area (Å²) < 4.78 is 99.4. The largest absolute Gasteiger partial charge is 0.455 e. The zero-order valence-electron chi connectivity index (χ0n) is 23.7. The number of hydrogen-bond acceptors (Lipinski definition) is 1. The molecule has 0 saturated carbocycles. The molecule has 0 fully saturated rings. The van der Waals surface area contributed by atoms with Gasteiger partial charge in [-0.3, -0.25) is 0 Å². The second-order valence-corrected chi connectivity index (χ2v) is 11.8. The molecule has 7 aromatic carbocycles. The quantitative estimate of drug-likeness (QED) is 0.139. The van der Waals surface area contributed by atoms with Gasteiger partial charge >= 0.3 is 17.8 Å². The van der Waals surface area contributed by atoms with Crippen LogP contribution in [0.25, 0.3) is 76.5 Å². The fraction of sp³-hybridized carbons (Fsp3) is 0.0769. The van der Waals surface area contributed by atoms with Crippen LogP contribution in [0.15, 0.2) is 126 Å². The molecule has 1 aliphatic carbocycles. The van der Waals surface area contributed by atoms with Gasteiger partial charge in [-0.2, -0.15) is 26.3 Å². The first-order valence-electron chi connectivity index (χ1n) is 14.7. The van der Waals surface area contributed by atoms with E-state index in [0.717, 1.165) is 21.5 Å². The highest BCUT2D eigenvalue weighted by Crippen LogP contribution is 2.66. The topological polar surface area (TPSA) is 13.1 Å². The second-order valence-electron chi connectivity index (χ2n) is 11.8. The minimum absolute atomic E-state index is 0.174. The first kappa shape index (κ1) is 27.0. The van der Waals surface area contributed by atoms with Gasteiger partial charge in [-0.15, -0.1) is 0 Å². The Morgan fingerprint density at radius 1 is 0.413 bits per heavy atom. The highest BCUT2D eigenvalue weighted by molar-refractivity contribution is 6.15. The molecule has 0 saturated heterocycles. The molecule has 0 radical (unpaired) electrons. The van der Waals surface area contributed by atoms with E-state index in [2.05, 4.69) is 0 Å². The molecular weight excluding hydrogens is 598 g/mol. The second kappa shape index (κ2) is 8.91. The average molecular weight is 619 g/mol. The Morgan fingerprint density at radius 2 is 0.978 bits per heavy atom. The number of benzene rings is 7. The van der Waals surface area contributed by atoms with Gasteiger partial charge in [0, 0.05) is 27.5 Å². The van der Waals surface area contributed by atoms with E-state index in [-0.39, 0.29) is 21.5 Å². The molecule has 8 aromatic rings. The number of hydrogen-bond donors (Lipinski definition) is 0. The molecule has 0 atom stereocenters. The van der Waals surface area contributed by atoms with Crippen LogP contribution >= 0.6 is 0 Å². The zero-order valence-corrected chi connectivity index (χ0v) is 23.7. The van der Waals surface area contributed by atoms with Crippen molar-refractivity contribution in [2.24, 2.45) is 0 Å². The molecule has 1 heterocycles. The smallest absolute Gasteiger partial charge is 0.380 e. The minimum atomic E-state index is -5.64. The van der Waals surface area contributed by atoms with Crippen molar-refractivity contribution in [2.75, 3.05) is 0 Å². The van der Waals surface area contributed by atoms with Crippen molar-refractivity contribution in [1.29, 1.82) is 0 Å². The Bertz CT molecular complexity index is 2580. The molecule has 0 spiro atoms. The average Bonchev–Trinajstić information content (AvgIpc) is 3.50. The van der Waals surface area contributed by atoms with Crippen molar-refractivity contribution in [2.45, 2.75) is 17.8 Å². The van der Waals surface area contributed by atoms with Gasteiger partial charge < -0.3 is 4.42 Å². The molecule has 0 unspecified atom stereocenters. The molecule has 46 heavy (non-hydrogen) atoms. The Hall–Kier alpha value is -5.30. The molecule has 1 aliphatic rings. The van der Waals surface area contributed by atoms with Crippen molar-refractivity contribution in [3.63, 3.8) is 0 Å². The lowest BCUT2D eigenvalue weighted by Gasteiger charge is -2.23. The molecule has 0 N–H and O–H groups in total. The molecule has 0 amide bonds. The molecule has 0 bridgehead atoms. The maximum Gasteiger partial charge on any atom is 0.380 e. The Morgan fingerprint density at radius 3 is 1.72 bits per heavy atom. The summed E-state index contributed by atoms with van der Waals surface area (Å²) in [4.78, 5) is 0. The van der Waals surface area contributed by atoms with Gasteiger partial charge in [0.05, 0.1) is 0 Å². The maximum absolute atomic E-state index is 15.7. The normalized spacial score (nSPS) is 16.6. The molecule has 1 aromatic heterocycles. The number of halogens is 6. The van der Waals surface area contributed by atoms with Gasteiger partial charge in [-0.05, 0) is 73.3 Å². The minimum Gasteiger partial charge on any atom is -0.455 e. The number of furan rings is 1. The molecule has 224 valence electrons. The first-order chi connectivity index (χ1) is 22.1. The highest BCUT2D eigenvalue weighted by atomic mass is 19.3. The molecule has 7 heteroatoms. The van der Waals surface area contributed by atoms with E-state index in [1.54, 1.807) is 42.5 Å². The summed E-state index contributed by atoms with van der Waals surface area (Å²) in [5, 5.41) is 3.14. The van der Waals surface area contributed by atoms with Crippen molar-refractivity contribution < 1.29 is 30.8 Å². The van der Waals surface area contributed by atoms with Crippen LogP contribution in [-0.4, -0.2) is 5.92 Å². The third kappa shape index (κ3) is 3.37. The third-order valence-electron chi connectivity index (χ3n) is 9.33. The number of alkyl halides is 6. The van der Waals surface area contributed by atoms with E-state index < -0.39 is 28.9 Å². The van der Waals surface area contributed by atoms with Crippen LogP contribution in [0.3, 0.4) is 0 Å². The molecule has 1 nitrogen and oxygen atoms in total. The highest BCUT2D eigenvalue weighted by Gasteiger charge is 2.80. The van der Waals surface area contributed by atoms with E-state index >= 15 is 26.3 Å². The van der Waals surface area contributed by atoms with Gasteiger partial charge in [-0.1, -0.05) is 97.1 Å². The summed E-state index contributed by atoms with van der Waals surface area (Å²) in [7, 11) is 0. The molecule has 9 rings (SSSR count). The van der Waals surface area contributed by atoms with Crippen molar-refractivity contribution in [1.82, 2.24) is 0 Å². The summed E-state index contributed by atoms with van der Waals surface area (Å²) in [5.74, 6) is -15.9. The Balaban J connectivity index is 1.35. The summed E-state index contributed by atoms with van der Waals surface area (Å²) >= 11 is 0. The predicted octanol–water partition coefficient (Wildman–Crippen LogP) is 12.2. The summed E-state index contributed by atoms with van der Waals surface area (Å²) in [6.45, 7) is 0. The van der Waals surface area contributed by atoms with Gasteiger partial charge in [-0.25, -0.2) is 0 Å². The predicted molar refractivity (Wildman–Crippen MR) is 170 cm³/mol. The van der Waals surface area contributed by atoms with Crippen LogP contribution in [-0.2, 0) is 11.8 Å². The van der Waals surface area contributed by atoms with Crippen molar-refractivity contribution in [3.05, 3.63) is 132 Å². The van der Waals surface area contributed by atoms with Crippen molar-refractivity contribution in [3.8, 4) is 22.3 Å². The van der Waals surface area contributed by atoms with Crippen LogP contribution in [0.2, 0.25) is 0 Å². The fourth-order valence-corrected chi connectivity index (χ4v) is 7.10. The van der Waals surface area contributed by atoms with E-state index in [9.17, 15) is 0 Å². The van der Waals surface area contributed by atoms with Crippen LogP contribution in [0.5, 0.6) is 0 Å². The van der Waals surface area contributed by atoms with Gasteiger partial charge in [0.1, 0.15) is 11.2 Å². The standard InChI is InChI=1S/C39H20F6O/c40-37(41)34-31-19-24(23-13-12-21-6-1-2-7-22(21)18-23)14-16-27(31)28-17-15-25(20-32(28)35(34)38(42,43)39(37,44)45)26-9-5-10-30-29-8-3-4-11-33(29)46-36(26)30/h1-20H. The maximum atomic E-state index is 15.7. The Labute approximate surface area is 257 Å². The van der Waals surface area contributed by atoms with Crippen LogP contribution in [0, 0.1) is 0 Å².